The highest BCUT2D eigenvalue weighted by molar-refractivity contribution is 7.10. The van der Waals surface area contributed by atoms with Crippen LogP contribution in [0.25, 0.3) is 0 Å². The summed E-state index contributed by atoms with van der Waals surface area (Å²) in [6.45, 7) is 2.65. The second-order valence-electron chi connectivity index (χ2n) is 4.81. The van der Waals surface area contributed by atoms with Crippen LogP contribution in [0.15, 0.2) is 11.4 Å². The molecule has 19 heavy (non-hydrogen) atoms. The molecule has 2 heterocycles. The van der Waals surface area contributed by atoms with Gasteiger partial charge in [-0.1, -0.05) is 11.6 Å². The Morgan fingerprint density at radius 2 is 2.32 bits per heavy atom. The second kappa shape index (κ2) is 6.70. The Hall–Kier alpha value is -0.620. The lowest BCUT2D eigenvalue weighted by Crippen LogP contribution is -2.40. The minimum absolute atomic E-state index is 0.00984. The zero-order valence-electron chi connectivity index (χ0n) is 10.8. The summed E-state index contributed by atoms with van der Waals surface area (Å²) in [5.74, 6) is -0.515. The predicted octanol–water partition coefficient (Wildman–Crippen LogP) is 2.15. The maximum Gasteiger partial charge on any atom is 0.334 e. The molecule has 0 radical (unpaired) electrons. The van der Waals surface area contributed by atoms with Gasteiger partial charge in [-0.2, -0.15) is 0 Å². The van der Waals surface area contributed by atoms with Gasteiger partial charge >= 0.3 is 5.97 Å². The molecule has 1 aromatic heterocycles. The molecule has 1 saturated heterocycles. The summed E-state index contributed by atoms with van der Waals surface area (Å²) >= 11 is 7.56. The molecule has 2 rings (SSSR count). The highest BCUT2D eigenvalue weighted by atomic mass is 35.5. The number of rotatable bonds is 4. The molecule has 106 valence electrons. The second-order valence-corrected chi connectivity index (χ2v) is 6.25. The number of esters is 1. The van der Waals surface area contributed by atoms with Crippen LogP contribution >= 0.6 is 22.9 Å². The molecule has 0 spiro atoms. The Bertz CT molecular complexity index is 429. The van der Waals surface area contributed by atoms with Crippen molar-refractivity contribution in [3.8, 4) is 0 Å². The van der Waals surface area contributed by atoms with E-state index in [2.05, 4.69) is 9.64 Å². The van der Waals surface area contributed by atoms with Gasteiger partial charge in [0.15, 0.2) is 6.10 Å². The third-order valence-corrected chi connectivity index (χ3v) is 4.79. The van der Waals surface area contributed by atoms with Crippen molar-refractivity contribution in [2.45, 2.75) is 25.5 Å². The number of nitrogens with zero attached hydrogens (tertiary/aromatic N) is 1. The summed E-state index contributed by atoms with van der Waals surface area (Å²) in [6.07, 6.45) is 0.647. The van der Waals surface area contributed by atoms with Gasteiger partial charge < -0.3 is 9.84 Å². The maximum absolute atomic E-state index is 11.3. The van der Waals surface area contributed by atoms with E-state index >= 15 is 0 Å². The fraction of sp³-hybridized carbons (Fsp3) is 0.615. The van der Waals surface area contributed by atoms with Crippen molar-refractivity contribution in [1.29, 1.82) is 0 Å². The number of carbonyl (C=O) groups is 1. The monoisotopic (exact) mass is 303 g/mol. The van der Waals surface area contributed by atoms with Crippen LogP contribution in [0.3, 0.4) is 0 Å². The van der Waals surface area contributed by atoms with Crippen molar-refractivity contribution in [2.24, 2.45) is 5.92 Å². The van der Waals surface area contributed by atoms with E-state index in [1.807, 2.05) is 11.4 Å². The summed E-state index contributed by atoms with van der Waals surface area (Å²) in [7, 11) is 1.31. The summed E-state index contributed by atoms with van der Waals surface area (Å²) < 4.78 is 4.57. The topological polar surface area (TPSA) is 49.8 Å². The Morgan fingerprint density at radius 3 is 2.84 bits per heavy atom. The van der Waals surface area contributed by atoms with Crippen LogP contribution in [0.4, 0.5) is 0 Å². The number of piperidine rings is 1. The number of halogens is 1. The minimum atomic E-state index is -0.983. The molecule has 1 aliphatic heterocycles. The zero-order valence-corrected chi connectivity index (χ0v) is 12.4. The first-order valence-electron chi connectivity index (χ1n) is 6.31. The number of hydrogen-bond donors (Lipinski definition) is 1. The third kappa shape index (κ3) is 3.92. The average Bonchev–Trinajstić information content (AvgIpc) is 2.83. The van der Waals surface area contributed by atoms with Gasteiger partial charge in [0.05, 0.1) is 12.1 Å². The van der Waals surface area contributed by atoms with Gasteiger partial charge in [-0.05, 0) is 37.9 Å². The van der Waals surface area contributed by atoms with Gasteiger partial charge in [-0.25, -0.2) is 4.79 Å². The smallest absolute Gasteiger partial charge is 0.334 e. The number of hydrogen-bond acceptors (Lipinski definition) is 5. The first-order valence-corrected chi connectivity index (χ1v) is 7.57. The van der Waals surface area contributed by atoms with Crippen molar-refractivity contribution < 1.29 is 14.6 Å². The van der Waals surface area contributed by atoms with E-state index in [0.717, 1.165) is 37.5 Å². The lowest BCUT2D eigenvalue weighted by molar-refractivity contribution is -0.154. The van der Waals surface area contributed by atoms with Crippen molar-refractivity contribution in [3.05, 3.63) is 21.3 Å². The average molecular weight is 304 g/mol. The number of aliphatic hydroxyl groups excluding tert-OH is 1. The molecule has 1 fully saturated rings. The Balaban J connectivity index is 1.80. The van der Waals surface area contributed by atoms with E-state index in [-0.39, 0.29) is 5.92 Å². The Morgan fingerprint density at radius 1 is 1.63 bits per heavy atom. The van der Waals surface area contributed by atoms with Crippen LogP contribution in [0, 0.1) is 5.92 Å². The lowest BCUT2D eigenvalue weighted by Gasteiger charge is -2.33. The van der Waals surface area contributed by atoms with Crippen molar-refractivity contribution in [2.75, 3.05) is 20.2 Å². The van der Waals surface area contributed by atoms with Crippen LogP contribution < -0.4 is 0 Å². The standard InChI is InChI=1S/C13H18ClNO3S/c1-18-13(17)12(16)9-2-4-15(5-3-9)7-11-6-10(14)8-19-11/h6,8-9,12,16H,2-5,7H2,1H3/t12-/m0/s1. The van der Waals surface area contributed by atoms with Crippen molar-refractivity contribution in [1.82, 2.24) is 4.90 Å². The molecule has 0 aromatic carbocycles. The third-order valence-electron chi connectivity index (χ3n) is 3.52. The van der Waals surface area contributed by atoms with E-state index in [1.54, 1.807) is 11.3 Å². The molecule has 1 aliphatic rings. The summed E-state index contributed by atoms with van der Waals surface area (Å²) in [5.41, 5.74) is 0. The molecular formula is C13H18ClNO3S. The van der Waals surface area contributed by atoms with Gasteiger partial charge in [-0.3, -0.25) is 4.90 Å². The van der Waals surface area contributed by atoms with Gasteiger partial charge in [0, 0.05) is 16.8 Å². The maximum atomic E-state index is 11.3. The minimum Gasteiger partial charge on any atom is -0.467 e. The van der Waals surface area contributed by atoms with E-state index in [1.165, 1.54) is 12.0 Å². The largest absolute Gasteiger partial charge is 0.467 e. The normalized spacial score (nSPS) is 19.3. The summed E-state index contributed by atoms with van der Waals surface area (Å²) in [4.78, 5) is 14.9. The predicted molar refractivity (Wildman–Crippen MR) is 75.4 cm³/mol. The van der Waals surface area contributed by atoms with Crippen LogP contribution in [-0.2, 0) is 16.1 Å². The van der Waals surface area contributed by atoms with Gasteiger partial charge in [0.1, 0.15) is 0 Å². The molecule has 6 heteroatoms. The van der Waals surface area contributed by atoms with Crippen LogP contribution in [-0.4, -0.2) is 42.3 Å². The first-order chi connectivity index (χ1) is 9.10. The van der Waals surface area contributed by atoms with Crippen molar-refractivity contribution in [3.63, 3.8) is 0 Å². The fourth-order valence-electron chi connectivity index (χ4n) is 2.40. The molecular weight excluding hydrogens is 286 g/mol. The van der Waals surface area contributed by atoms with Gasteiger partial charge in [0.2, 0.25) is 0 Å². The molecule has 0 unspecified atom stereocenters. The van der Waals surface area contributed by atoms with E-state index in [4.69, 9.17) is 11.6 Å². The van der Waals surface area contributed by atoms with Gasteiger partial charge in [-0.15, -0.1) is 11.3 Å². The molecule has 4 nitrogen and oxygen atoms in total. The van der Waals surface area contributed by atoms with E-state index < -0.39 is 12.1 Å². The summed E-state index contributed by atoms with van der Waals surface area (Å²) in [6, 6.07) is 1.99. The number of thiophene rings is 1. The number of carbonyl (C=O) groups excluding carboxylic acids is 1. The van der Waals surface area contributed by atoms with E-state index in [9.17, 15) is 9.90 Å². The van der Waals surface area contributed by atoms with Crippen LogP contribution in [0.2, 0.25) is 5.02 Å². The highest BCUT2D eigenvalue weighted by Gasteiger charge is 2.30. The van der Waals surface area contributed by atoms with Crippen LogP contribution in [0.1, 0.15) is 17.7 Å². The highest BCUT2D eigenvalue weighted by Crippen LogP contribution is 2.25. The molecule has 0 saturated carbocycles. The Labute approximate surface area is 121 Å². The number of methoxy groups -OCH3 is 1. The number of aliphatic hydroxyl groups is 1. The fourth-order valence-corrected chi connectivity index (χ4v) is 3.51. The molecule has 0 bridgehead atoms. The SMILES string of the molecule is COC(=O)[C@@H](O)C1CCN(Cc2cc(Cl)cs2)CC1. The lowest BCUT2D eigenvalue weighted by atomic mass is 9.91. The van der Waals surface area contributed by atoms with Crippen LogP contribution in [0.5, 0.6) is 0 Å². The zero-order chi connectivity index (χ0) is 13.8. The number of likely N-dealkylation sites (tertiary alicyclic amines) is 1. The first kappa shape index (κ1) is 14.8. The molecule has 1 N–H and O–H groups in total. The molecule has 0 aliphatic carbocycles. The molecule has 0 amide bonds. The molecule has 1 aromatic rings. The van der Waals surface area contributed by atoms with E-state index in [0.29, 0.717) is 0 Å². The number of ether oxygens (including phenoxy) is 1. The molecule has 1 atom stereocenters. The summed E-state index contributed by atoms with van der Waals surface area (Å²) in [5, 5.41) is 12.5. The van der Waals surface area contributed by atoms with Crippen molar-refractivity contribution >= 4 is 28.9 Å². The van der Waals surface area contributed by atoms with Gasteiger partial charge in [0.25, 0.3) is 0 Å². The quantitative estimate of drug-likeness (QED) is 0.866. The Kier molecular flexibility index (Phi) is 5.21.